The quantitative estimate of drug-likeness (QED) is 0.831. The van der Waals surface area contributed by atoms with Crippen molar-refractivity contribution in [2.45, 2.75) is 32.0 Å². The second-order valence-corrected chi connectivity index (χ2v) is 6.07. The molecule has 0 spiro atoms. The van der Waals surface area contributed by atoms with E-state index in [1.807, 2.05) is 24.0 Å². The zero-order valence-electron chi connectivity index (χ0n) is 10.7. The van der Waals surface area contributed by atoms with Crippen LogP contribution in [0.15, 0.2) is 16.5 Å². The van der Waals surface area contributed by atoms with E-state index in [1.165, 1.54) is 11.8 Å². The van der Waals surface area contributed by atoms with Gasteiger partial charge in [0.05, 0.1) is 12.6 Å². The second-order valence-electron chi connectivity index (χ2n) is 4.97. The van der Waals surface area contributed by atoms with Gasteiger partial charge in [-0.2, -0.15) is 0 Å². The van der Waals surface area contributed by atoms with Gasteiger partial charge in [0.25, 0.3) is 0 Å². The lowest BCUT2D eigenvalue weighted by molar-refractivity contribution is -0.124. The Morgan fingerprint density at radius 2 is 2.42 bits per heavy atom. The number of aryl methyl sites for hydroxylation is 1. The summed E-state index contributed by atoms with van der Waals surface area (Å²) in [7, 11) is 0. The van der Waals surface area contributed by atoms with Gasteiger partial charge in [0.2, 0.25) is 11.0 Å². The molecule has 0 aliphatic carbocycles. The van der Waals surface area contributed by atoms with Crippen LogP contribution in [0.5, 0.6) is 0 Å². The Kier molecular flexibility index (Phi) is 3.36. The minimum Gasteiger partial charge on any atom is -0.465 e. The predicted octanol–water partition coefficient (Wildman–Crippen LogP) is 0.921. The summed E-state index contributed by atoms with van der Waals surface area (Å²) in [5, 5.41) is 2.92. The smallest absolute Gasteiger partial charge is 0.239 e. The largest absolute Gasteiger partial charge is 0.465 e. The first-order valence-corrected chi connectivity index (χ1v) is 7.38. The first kappa shape index (κ1) is 12.7. The molecule has 6 heteroatoms. The molecule has 1 aromatic heterocycles. The van der Waals surface area contributed by atoms with Gasteiger partial charge in [0, 0.05) is 12.3 Å². The van der Waals surface area contributed by atoms with E-state index in [-0.39, 0.29) is 23.1 Å². The van der Waals surface area contributed by atoms with Gasteiger partial charge >= 0.3 is 0 Å². The van der Waals surface area contributed by atoms with Gasteiger partial charge in [0.15, 0.2) is 0 Å². The van der Waals surface area contributed by atoms with Crippen molar-refractivity contribution < 1.29 is 14.0 Å². The van der Waals surface area contributed by atoms with E-state index in [2.05, 4.69) is 5.32 Å². The molecular formula is C13H16N2O3S. The van der Waals surface area contributed by atoms with Crippen LogP contribution in [-0.4, -0.2) is 40.3 Å². The Bertz CT molecular complexity index is 514. The van der Waals surface area contributed by atoms with Crippen molar-refractivity contribution in [1.29, 1.82) is 0 Å². The molecule has 3 rings (SSSR count). The molecule has 3 heterocycles. The van der Waals surface area contributed by atoms with E-state index in [1.54, 1.807) is 0 Å². The Hall–Kier alpha value is -1.27. The molecule has 0 bridgehead atoms. The molecule has 1 N–H and O–H groups in total. The number of nitrogens with zero attached hydrogens (tertiary/aromatic N) is 1. The first-order chi connectivity index (χ1) is 9.13. The Balaban J connectivity index is 1.49. The highest BCUT2D eigenvalue weighted by Gasteiger charge is 2.42. The molecule has 1 aromatic rings. The second kappa shape index (κ2) is 5.02. The van der Waals surface area contributed by atoms with Crippen LogP contribution in [0.4, 0.5) is 0 Å². The molecule has 5 nitrogen and oxygen atoms in total. The van der Waals surface area contributed by atoms with Crippen molar-refractivity contribution in [1.82, 2.24) is 10.2 Å². The number of thioether (sulfide) groups is 1. The lowest BCUT2D eigenvalue weighted by Gasteiger charge is -2.09. The van der Waals surface area contributed by atoms with Crippen LogP contribution < -0.4 is 5.32 Å². The molecule has 1 amide bonds. The van der Waals surface area contributed by atoms with Crippen LogP contribution in [0.2, 0.25) is 0 Å². The highest BCUT2D eigenvalue weighted by molar-refractivity contribution is 8.14. The minimum atomic E-state index is -0.286. The zero-order chi connectivity index (χ0) is 13.4. The fraction of sp³-hybridized carbons (Fsp3) is 0.538. The van der Waals surface area contributed by atoms with Gasteiger partial charge in [-0.15, -0.1) is 0 Å². The highest BCUT2D eigenvalue weighted by Crippen LogP contribution is 2.24. The summed E-state index contributed by atoms with van der Waals surface area (Å²) in [6.45, 7) is 3.29. The normalized spacial score (nSPS) is 29.5. The molecule has 2 fully saturated rings. The standard InChI is InChI=1S/C13H16N2O3S/c1-8-2-3-9(18-8)6-15-7-11(15)12(16)14-10-4-5-19-13(10)17/h2-3,10-11H,4-7H2,1H3,(H,14,16). The van der Waals surface area contributed by atoms with Crippen LogP contribution in [0, 0.1) is 6.92 Å². The molecule has 2 saturated heterocycles. The van der Waals surface area contributed by atoms with Crippen molar-refractivity contribution in [3.05, 3.63) is 23.7 Å². The third-order valence-corrected chi connectivity index (χ3v) is 4.43. The molecule has 0 saturated carbocycles. The lowest BCUT2D eigenvalue weighted by atomic mass is 10.2. The monoisotopic (exact) mass is 280 g/mol. The SMILES string of the molecule is Cc1ccc(CN2CC2C(=O)NC2CCSC2=O)o1. The van der Waals surface area contributed by atoms with E-state index >= 15 is 0 Å². The number of carbonyl (C=O) groups excluding carboxylic acids is 2. The number of rotatable bonds is 4. The number of hydrogen-bond donors (Lipinski definition) is 1. The summed E-state index contributed by atoms with van der Waals surface area (Å²) in [6.07, 6.45) is 0.749. The summed E-state index contributed by atoms with van der Waals surface area (Å²) in [5.74, 6) is 2.53. The summed E-state index contributed by atoms with van der Waals surface area (Å²) in [4.78, 5) is 25.4. The van der Waals surface area contributed by atoms with E-state index in [4.69, 9.17) is 4.42 Å². The van der Waals surface area contributed by atoms with Crippen molar-refractivity contribution in [3.8, 4) is 0 Å². The predicted molar refractivity (Wildman–Crippen MR) is 71.7 cm³/mol. The molecule has 3 unspecified atom stereocenters. The molecule has 3 atom stereocenters. The molecule has 0 radical (unpaired) electrons. The average molecular weight is 280 g/mol. The highest BCUT2D eigenvalue weighted by atomic mass is 32.2. The molecule has 2 aliphatic rings. The molecule has 102 valence electrons. The zero-order valence-corrected chi connectivity index (χ0v) is 11.5. The Morgan fingerprint density at radius 3 is 3.05 bits per heavy atom. The van der Waals surface area contributed by atoms with Crippen molar-refractivity contribution in [3.63, 3.8) is 0 Å². The Labute approximate surface area is 115 Å². The van der Waals surface area contributed by atoms with E-state index in [0.717, 1.165) is 30.2 Å². The van der Waals surface area contributed by atoms with Gasteiger partial charge in [-0.05, 0) is 25.5 Å². The summed E-state index contributed by atoms with van der Waals surface area (Å²) in [5.41, 5.74) is 0. The number of carbonyl (C=O) groups is 2. The summed E-state index contributed by atoms with van der Waals surface area (Å²) in [6, 6.07) is 3.46. The molecule has 2 aliphatic heterocycles. The topological polar surface area (TPSA) is 62.3 Å². The van der Waals surface area contributed by atoms with Gasteiger partial charge < -0.3 is 9.73 Å². The third-order valence-electron chi connectivity index (χ3n) is 3.42. The maximum absolute atomic E-state index is 12.0. The third kappa shape index (κ3) is 2.84. The van der Waals surface area contributed by atoms with Crippen LogP contribution in [0.3, 0.4) is 0 Å². The fourth-order valence-corrected chi connectivity index (χ4v) is 3.20. The van der Waals surface area contributed by atoms with Crippen molar-refractivity contribution in [2.24, 2.45) is 0 Å². The van der Waals surface area contributed by atoms with Crippen molar-refractivity contribution in [2.75, 3.05) is 12.3 Å². The number of hydrogen-bond acceptors (Lipinski definition) is 5. The van der Waals surface area contributed by atoms with E-state index in [9.17, 15) is 9.59 Å². The minimum absolute atomic E-state index is 0.0378. The Morgan fingerprint density at radius 1 is 1.58 bits per heavy atom. The lowest BCUT2D eigenvalue weighted by Crippen LogP contribution is -2.40. The molecule has 19 heavy (non-hydrogen) atoms. The maximum atomic E-state index is 12.0. The van der Waals surface area contributed by atoms with Gasteiger partial charge in [-0.3, -0.25) is 14.5 Å². The van der Waals surface area contributed by atoms with Crippen LogP contribution in [0.1, 0.15) is 17.9 Å². The number of amides is 1. The number of nitrogens with one attached hydrogen (secondary N) is 1. The van der Waals surface area contributed by atoms with Crippen LogP contribution in [0.25, 0.3) is 0 Å². The molecule has 0 aromatic carbocycles. The first-order valence-electron chi connectivity index (χ1n) is 6.40. The molecular weight excluding hydrogens is 264 g/mol. The van der Waals surface area contributed by atoms with Gasteiger partial charge in [-0.25, -0.2) is 0 Å². The van der Waals surface area contributed by atoms with E-state index < -0.39 is 0 Å². The fourth-order valence-electron chi connectivity index (χ4n) is 2.26. The maximum Gasteiger partial charge on any atom is 0.239 e. The summed E-state index contributed by atoms with van der Waals surface area (Å²) < 4.78 is 5.48. The number of furan rings is 1. The summed E-state index contributed by atoms with van der Waals surface area (Å²) >= 11 is 1.30. The van der Waals surface area contributed by atoms with Gasteiger partial charge in [0.1, 0.15) is 17.6 Å². The van der Waals surface area contributed by atoms with Crippen LogP contribution in [-0.2, 0) is 16.1 Å². The van der Waals surface area contributed by atoms with Gasteiger partial charge in [-0.1, -0.05) is 11.8 Å². The van der Waals surface area contributed by atoms with Crippen LogP contribution >= 0.6 is 11.8 Å². The van der Waals surface area contributed by atoms with E-state index in [0.29, 0.717) is 6.54 Å². The average Bonchev–Trinajstić information content (AvgIpc) is 2.84. The van der Waals surface area contributed by atoms with Crippen molar-refractivity contribution >= 4 is 22.8 Å².